The minimum atomic E-state index is 0.429. The lowest BCUT2D eigenvalue weighted by Crippen LogP contribution is -2.41. The van der Waals surface area contributed by atoms with E-state index in [1.165, 1.54) is 0 Å². The zero-order valence-corrected chi connectivity index (χ0v) is 11.1. The average Bonchev–Trinajstić information content (AvgIpc) is 2.46. The maximum Gasteiger partial charge on any atom is 0.126 e. The molecule has 1 saturated heterocycles. The molecule has 0 radical (unpaired) electrons. The number of hydrogen-bond acceptors (Lipinski definition) is 3. The van der Waals surface area contributed by atoms with E-state index in [9.17, 15) is 0 Å². The molecule has 2 rings (SSSR count). The van der Waals surface area contributed by atoms with E-state index in [-0.39, 0.29) is 0 Å². The topological polar surface area (TPSA) is 21.7 Å². The Balaban J connectivity index is 2.00. The molecule has 0 aliphatic carbocycles. The molecule has 0 spiro atoms. The van der Waals surface area contributed by atoms with E-state index >= 15 is 0 Å². The summed E-state index contributed by atoms with van der Waals surface area (Å²) in [7, 11) is 1.71. The number of ether oxygens (including phenoxy) is 2. The van der Waals surface area contributed by atoms with Crippen molar-refractivity contribution in [2.75, 3.05) is 33.4 Å². The van der Waals surface area contributed by atoms with Crippen molar-refractivity contribution in [1.82, 2.24) is 4.90 Å². The fourth-order valence-electron chi connectivity index (χ4n) is 2.15. The Hall–Kier alpha value is -1.32. The van der Waals surface area contributed by atoms with Crippen molar-refractivity contribution in [2.45, 2.75) is 13.0 Å². The van der Waals surface area contributed by atoms with E-state index in [1.54, 1.807) is 7.11 Å². The molecular formula is C15H21NO2. The van der Waals surface area contributed by atoms with E-state index in [2.05, 4.69) is 30.0 Å². The average molecular weight is 247 g/mol. The van der Waals surface area contributed by atoms with E-state index in [1.807, 2.05) is 18.2 Å². The van der Waals surface area contributed by atoms with E-state index in [4.69, 9.17) is 9.47 Å². The second kappa shape index (κ2) is 6.57. The van der Waals surface area contributed by atoms with Crippen LogP contribution in [0.3, 0.4) is 0 Å². The molecule has 1 heterocycles. The first-order valence-corrected chi connectivity index (χ1v) is 6.44. The van der Waals surface area contributed by atoms with Gasteiger partial charge in [0.25, 0.3) is 0 Å². The summed E-state index contributed by atoms with van der Waals surface area (Å²) in [6, 6.07) is 8.50. The molecule has 18 heavy (non-hydrogen) atoms. The van der Waals surface area contributed by atoms with Gasteiger partial charge in [-0.15, -0.1) is 0 Å². The fraction of sp³-hybridized carbons (Fsp3) is 0.467. The highest BCUT2D eigenvalue weighted by atomic mass is 16.5. The quantitative estimate of drug-likeness (QED) is 0.815. The van der Waals surface area contributed by atoms with Gasteiger partial charge in [-0.3, -0.25) is 4.90 Å². The number of rotatable bonds is 4. The summed E-state index contributed by atoms with van der Waals surface area (Å²) in [5, 5.41) is 0. The van der Waals surface area contributed by atoms with Crippen LogP contribution in [0.2, 0.25) is 0 Å². The predicted molar refractivity (Wildman–Crippen MR) is 73.9 cm³/mol. The van der Waals surface area contributed by atoms with Gasteiger partial charge in [-0.2, -0.15) is 0 Å². The predicted octanol–water partition coefficient (Wildman–Crippen LogP) is 2.43. The molecule has 1 aromatic rings. The number of methoxy groups -OCH3 is 1. The van der Waals surface area contributed by atoms with Crippen molar-refractivity contribution in [3.8, 4) is 5.75 Å². The van der Waals surface area contributed by atoms with E-state index < -0.39 is 0 Å². The summed E-state index contributed by atoms with van der Waals surface area (Å²) >= 11 is 0. The van der Waals surface area contributed by atoms with Gasteiger partial charge in [0, 0.05) is 24.7 Å². The number of benzene rings is 1. The van der Waals surface area contributed by atoms with E-state index in [0.717, 1.165) is 37.6 Å². The molecular weight excluding hydrogens is 226 g/mol. The first kappa shape index (κ1) is 13.1. The molecule has 0 aromatic heterocycles. The molecule has 0 saturated carbocycles. The lowest BCUT2D eigenvalue weighted by Gasteiger charge is -2.30. The van der Waals surface area contributed by atoms with Crippen LogP contribution in [0.4, 0.5) is 0 Å². The van der Waals surface area contributed by atoms with Crippen LogP contribution in [0, 0.1) is 0 Å². The number of morpholine rings is 1. The normalized spacial score (nSPS) is 19.0. The maximum atomic E-state index is 5.36. The minimum Gasteiger partial charge on any atom is -0.496 e. The third kappa shape index (κ3) is 3.34. The van der Waals surface area contributed by atoms with Crippen molar-refractivity contribution in [3.63, 3.8) is 0 Å². The fourth-order valence-corrected chi connectivity index (χ4v) is 2.15. The Labute approximate surface area is 109 Å². The molecule has 1 fully saturated rings. The van der Waals surface area contributed by atoms with Gasteiger partial charge in [0.15, 0.2) is 0 Å². The van der Waals surface area contributed by atoms with Crippen LogP contribution in [-0.2, 0) is 4.74 Å². The van der Waals surface area contributed by atoms with Crippen molar-refractivity contribution >= 4 is 6.08 Å². The SMILES string of the molecule is COc1ccccc1C=CC(C)N1CCOCC1. The first-order chi connectivity index (χ1) is 8.81. The van der Waals surface area contributed by atoms with Crippen molar-refractivity contribution in [3.05, 3.63) is 35.9 Å². The highest BCUT2D eigenvalue weighted by molar-refractivity contribution is 5.57. The highest BCUT2D eigenvalue weighted by Gasteiger charge is 2.14. The van der Waals surface area contributed by atoms with Gasteiger partial charge in [-0.25, -0.2) is 0 Å². The van der Waals surface area contributed by atoms with Crippen molar-refractivity contribution in [2.24, 2.45) is 0 Å². The second-order valence-corrected chi connectivity index (χ2v) is 4.49. The summed E-state index contributed by atoms with van der Waals surface area (Å²) < 4.78 is 10.7. The van der Waals surface area contributed by atoms with Gasteiger partial charge < -0.3 is 9.47 Å². The molecule has 1 atom stereocenters. The summed E-state index contributed by atoms with van der Waals surface area (Å²) in [6.45, 7) is 5.92. The lowest BCUT2D eigenvalue weighted by molar-refractivity contribution is 0.0288. The molecule has 1 aliphatic heterocycles. The van der Waals surface area contributed by atoms with Crippen LogP contribution in [0.5, 0.6) is 5.75 Å². The Morgan fingerprint density at radius 1 is 1.28 bits per heavy atom. The van der Waals surface area contributed by atoms with Crippen molar-refractivity contribution < 1.29 is 9.47 Å². The Kier molecular flexibility index (Phi) is 4.79. The lowest BCUT2D eigenvalue weighted by atomic mass is 10.1. The molecule has 0 N–H and O–H groups in total. The molecule has 3 nitrogen and oxygen atoms in total. The molecule has 98 valence electrons. The standard InChI is InChI=1S/C15H21NO2/c1-13(16-9-11-18-12-10-16)7-8-14-5-3-4-6-15(14)17-2/h3-8,13H,9-12H2,1-2H3. The number of para-hydroxylation sites is 1. The van der Waals surface area contributed by atoms with Gasteiger partial charge in [-0.05, 0) is 13.0 Å². The molecule has 1 aromatic carbocycles. The van der Waals surface area contributed by atoms with Crippen LogP contribution in [0.1, 0.15) is 12.5 Å². The van der Waals surface area contributed by atoms with E-state index in [0.29, 0.717) is 6.04 Å². The highest BCUT2D eigenvalue weighted by Crippen LogP contribution is 2.19. The van der Waals surface area contributed by atoms with Crippen LogP contribution >= 0.6 is 0 Å². The third-order valence-electron chi connectivity index (χ3n) is 3.31. The zero-order chi connectivity index (χ0) is 12.8. The largest absolute Gasteiger partial charge is 0.496 e. The Bertz CT molecular complexity index is 397. The van der Waals surface area contributed by atoms with Gasteiger partial charge in [0.2, 0.25) is 0 Å². The molecule has 1 aliphatic rings. The molecule has 1 unspecified atom stereocenters. The summed E-state index contributed by atoms with van der Waals surface area (Å²) in [5.74, 6) is 0.919. The second-order valence-electron chi connectivity index (χ2n) is 4.49. The van der Waals surface area contributed by atoms with Crippen molar-refractivity contribution in [1.29, 1.82) is 0 Å². The Morgan fingerprint density at radius 2 is 2.00 bits per heavy atom. The summed E-state index contributed by atoms with van der Waals surface area (Å²) in [6.07, 6.45) is 4.36. The number of hydrogen-bond donors (Lipinski definition) is 0. The monoisotopic (exact) mass is 247 g/mol. The Morgan fingerprint density at radius 3 is 2.72 bits per heavy atom. The molecule has 3 heteroatoms. The summed E-state index contributed by atoms with van der Waals surface area (Å²) in [5.41, 5.74) is 1.13. The van der Waals surface area contributed by atoms with Crippen LogP contribution in [0.25, 0.3) is 6.08 Å². The van der Waals surface area contributed by atoms with Gasteiger partial charge in [-0.1, -0.05) is 30.4 Å². The van der Waals surface area contributed by atoms with Crippen LogP contribution < -0.4 is 4.74 Å². The molecule has 0 amide bonds. The molecule has 0 bridgehead atoms. The number of nitrogens with zero attached hydrogens (tertiary/aromatic N) is 1. The maximum absolute atomic E-state index is 5.36. The smallest absolute Gasteiger partial charge is 0.126 e. The van der Waals surface area contributed by atoms with Gasteiger partial charge >= 0.3 is 0 Å². The van der Waals surface area contributed by atoms with Crippen LogP contribution in [0.15, 0.2) is 30.3 Å². The summed E-state index contributed by atoms with van der Waals surface area (Å²) in [4.78, 5) is 2.43. The third-order valence-corrected chi connectivity index (χ3v) is 3.31. The minimum absolute atomic E-state index is 0.429. The van der Waals surface area contributed by atoms with Gasteiger partial charge in [0.1, 0.15) is 5.75 Å². The van der Waals surface area contributed by atoms with Gasteiger partial charge in [0.05, 0.1) is 20.3 Å². The van der Waals surface area contributed by atoms with Crippen LogP contribution in [-0.4, -0.2) is 44.4 Å². The zero-order valence-electron chi connectivity index (χ0n) is 11.1. The first-order valence-electron chi connectivity index (χ1n) is 6.44.